The van der Waals surface area contributed by atoms with Crippen molar-refractivity contribution in [3.63, 3.8) is 0 Å². The van der Waals surface area contributed by atoms with Gasteiger partial charge in [0.05, 0.1) is 11.7 Å². The van der Waals surface area contributed by atoms with Crippen molar-refractivity contribution >= 4 is 23.4 Å². The van der Waals surface area contributed by atoms with Crippen LogP contribution in [0.1, 0.15) is 24.9 Å². The van der Waals surface area contributed by atoms with Crippen LogP contribution in [-0.2, 0) is 6.54 Å². The Morgan fingerprint density at radius 3 is 2.67 bits per heavy atom. The number of hydrogen-bond donors (Lipinski definition) is 2. The molecule has 1 aliphatic rings. The van der Waals surface area contributed by atoms with E-state index in [1.807, 2.05) is 53.4 Å². The van der Waals surface area contributed by atoms with Crippen LogP contribution < -0.4 is 21.5 Å². The predicted octanol–water partition coefficient (Wildman–Crippen LogP) is 4.00. The van der Waals surface area contributed by atoms with Gasteiger partial charge >= 0.3 is 0 Å². The number of aromatic nitrogens is 4. The number of nitrogens with zero attached hydrogens (tertiary/aromatic N) is 5. The summed E-state index contributed by atoms with van der Waals surface area (Å²) in [5, 5.41) is 3.36. The Morgan fingerprint density at radius 1 is 1.00 bits per heavy atom. The van der Waals surface area contributed by atoms with Crippen molar-refractivity contribution in [2.75, 3.05) is 22.5 Å². The Kier molecular flexibility index (Phi) is 5.48. The maximum atomic E-state index is 12.9. The first-order chi connectivity index (χ1) is 16.1. The highest BCUT2D eigenvalue weighted by molar-refractivity contribution is 5.66. The monoisotopic (exact) mass is 439 g/mol. The van der Waals surface area contributed by atoms with Gasteiger partial charge in [0.1, 0.15) is 5.82 Å². The molecule has 33 heavy (non-hydrogen) atoms. The van der Waals surface area contributed by atoms with Crippen LogP contribution in [0.5, 0.6) is 0 Å². The third-order valence-corrected chi connectivity index (χ3v) is 5.74. The van der Waals surface area contributed by atoms with Gasteiger partial charge in [0, 0.05) is 36.6 Å². The van der Waals surface area contributed by atoms with E-state index >= 15 is 0 Å². The van der Waals surface area contributed by atoms with E-state index in [9.17, 15) is 4.79 Å². The summed E-state index contributed by atoms with van der Waals surface area (Å²) < 4.78 is 1.70. The molecule has 8 heteroatoms. The molecule has 1 aliphatic heterocycles. The SMILES string of the molecule is C[C@H](Nc1nccc(N2CCCn3c2nc(-c2cccc(N)c2)cc3=O)n1)c1ccccc1. The molecule has 3 N–H and O–H groups in total. The molecule has 0 bridgehead atoms. The van der Waals surface area contributed by atoms with Crippen LogP contribution in [0, 0.1) is 0 Å². The molecule has 2 aromatic carbocycles. The molecule has 8 nitrogen and oxygen atoms in total. The third kappa shape index (κ3) is 4.27. The summed E-state index contributed by atoms with van der Waals surface area (Å²) in [6, 6.07) is 21.0. The smallest absolute Gasteiger partial charge is 0.255 e. The van der Waals surface area contributed by atoms with Crippen molar-refractivity contribution in [3.8, 4) is 11.3 Å². The highest BCUT2D eigenvalue weighted by Gasteiger charge is 2.23. The summed E-state index contributed by atoms with van der Waals surface area (Å²) in [5.41, 5.74) is 9.03. The zero-order valence-corrected chi connectivity index (χ0v) is 18.3. The quantitative estimate of drug-likeness (QED) is 0.453. The van der Waals surface area contributed by atoms with Crippen molar-refractivity contribution in [1.29, 1.82) is 0 Å². The molecule has 0 saturated carbocycles. The molecule has 0 radical (unpaired) electrons. The molecular formula is C25H25N7O. The van der Waals surface area contributed by atoms with Gasteiger partial charge in [-0.15, -0.1) is 0 Å². The highest BCUT2D eigenvalue weighted by atomic mass is 16.1. The molecule has 0 saturated heterocycles. The van der Waals surface area contributed by atoms with Crippen molar-refractivity contribution < 1.29 is 0 Å². The second kappa shape index (κ2) is 8.74. The van der Waals surface area contributed by atoms with Gasteiger partial charge in [-0.3, -0.25) is 14.3 Å². The molecule has 1 atom stereocenters. The van der Waals surface area contributed by atoms with Gasteiger partial charge in [0.15, 0.2) is 0 Å². The minimum atomic E-state index is -0.0905. The van der Waals surface area contributed by atoms with E-state index in [4.69, 9.17) is 15.7 Å². The molecule has 5 rings (SSSR count). The van der Waals surface area contributed by atoms with Crippen LogP contribution in [0.4, 0.5) is 23.4 Å². The Bertz CT molecular complexity index is 1340. The van der Waals surface area contributed by atoms with Gasteiger partial charge in [0.2, 0.25) is 11.9 Å². The minimum absolute atomic E-state index is 0.0472. The lowest BCUT2D eigenvalue weighted by Gasteiger charge is -2.30. The van der Waals surface area contributed by atoms with E-state index in [-0.39, 0.29) is 11.6 Å². The number of nitrogens with one attached hydrogen (secondary N) is 1. The van der Waals surface area contributed by atoms with E-state index < -0.39 is 0 Å². The first-order valence-electron chi connectivity index (χ1n) is 11.0. The number of benzene rings is 2. The first-order valence-corrected chi connectivity index (χ1v) is 11.0. The fourth-order valence-corrected chi connectivity index (χ4v) is 4.05. The van der Waals surface area contributed by atoms with Gasteiger partial charge in [0.25, 0.3) is 5.56 Å². The lowest BCUT2D eigenvalue weighted by molar-refractivity contribution is 0.561. The minimum Gasteiger partial charge on any atom is -0.399 e. The average molecular weight is 440 g/mol. The standard InChI is InChI=1S/C25H25N7O/c1-17(18-7-3-2-4-8-18)28-24-27-12-11-22(30-24)31-13-6-14-32-23(33)16-21(29-25(31)32)19-9-5-10-20(26)15-19/h2-5,7-12,15-17H,6,13-14,26H2,1H3,(H,27,28,30)/t17-/m0/s1. The topological polar surface area (TPSA) is 102 Å². The summed E-state index contributed by atoms with van der Waals surface area (Å²) in [7, 11) is 0. The van der Waals surface area contributed by atoms with Crippen molar-refractivity contribution in [2.24, 2.45) is 0 Å². The Hall–Kier alpha value is -4.20. The number of rotatable bonds is 5. The summed E-state index contributed by atoms with van der Waals surface area (Å²) >= 11 is 0. The normalized spacial score (nSPS) is 13.9. The zero-order valence-electron chi connectivity index (χ0n) is 18.3. The van der Waals surface area contributed by atoms with Gasteiger partial charge < -0.3 is 11.1 Å². The maximum Gasteiger partial charge on any atom is 0.255 e. The van der Waals surface area contributed by atoms with Crippen LogP contribution in [0.15, 0.2) is 77.7 Å². The Balaban J connectivity index is 1.49. The lowest BCUT2D eigenvalue weighted by atomic mass is 10.1. The van der Waals surface area contributed by atoms with Crippen LogP contribution in [-0.4, -0.2) is 26.1 Å². The Labute approximate surface area is 191 Å². The summed E-state index contributed by atoms with van der Waals surface area (Å²) in [4.78, 5) is 28.8. The van der Waals surface area contributed by atoms with E-state index in [1.54, 1.807) is 16.8 Å². The molecule has 0 aliphatic carbocycles. The average Bonchev–Trinajstić information content (AvgIpc) is 2.84. The number of fused-ring (bicyclic) bond motifs is 1. The van der Waals surface area contributed by atoms with Crippen LogP contribution in [0.2, 0.25) is 0 Å². The fraction of sp³-hybridized carbons (Fsp3) is 0.200. The molecule has 166 valence electrons. The predicted molar refractivity (Wildman–Crippen MR) is 130 cm³/mol. The number of hydrogen-bond acceptors (Lipinski definition) is 7. The van der Waals surface area contributed by atoms with Gasteiger partial charge in [-0.25, -0.2) is 9.97 Å². The largest absolute Gasteiger partial charge is 0.399 e. The number of anilines is 4. The first kappa shape index (κ1) is 20.7. The summed E-state index contributed by atoms with van der Waals surface area (Å²) in [5.74, 6) is 1.79. The maximum absolute atomic E-state index is 12.9. The molecule has 0 spiro atoms. The van der Waals surface area contributed by atoms with Crippen molar-refractivity contribution in [3.05, 3.63) is 88.8 Å². The van der Waals surface area contributed by atoms with Crippen molar-refractivity contribution in [1.82, 2.24) is 19.5 Å². The second-order valence-corrected chi connectivity index (χ2v) is 8.08. The van der Waals surface area contributed by atoms with E-state index in [0.717, 1.165) is 17.5 Å². The zero-order chi connectivity index (χ0) is 22.8. The van der Waals surface area contributed by atoms with Crippen LogP contribution in [0.3, 0.4) is 0 Å². The molecule has 0 amide bonds. The molecule has 4 aromatic rings. The van der Waals surface area contributed by atoms with E-state index in [0.29, 0.717) is 42.2 Å². The number of nitrogen functional groups attached to an aromatic ring is 1. The summed E-state index contributed by atoms with van der Waals surface area (Å²) in [6.07, 6.45) is 2.54. The van der Waals surface area contributed by atoms with Gasteiger partial charge in [-0.1, -0.05) is 42.5 Å². The molecule has 3 heterocycles. The Morgan fingerprint density at radius 2 is 1.85 bits per heavy atom. The van der Waals surface area contributed by atoms with Crippen LogP contribution in [0.25, 0.3) is 11.3 Å². The molecule has 0 unspecified atom stereocenters. The molecular weight excluding hydrogens is 414 g/mol. The summed E-state index contributed by atoms with van der Waals surface area (Å²) in [6.45, 7) is 3.40. The van der Waals surface area contributed by atoms with E-state index in [1.165, 1.54) is 0 Å². The van der Waals surface area contributed by atoms with Gasteiger partial charge in [-0.05, 0) is 37.1 Å². The van der Waals surface area contributed by atoms with Gasteiger partial charge in [-0.2, -0.15) is 4.98 Å². The van der Waals surface area contributed by atoms with Crippen LogP contribution >= 0.6 is 0 Å². The fourth-order valence-electron chi connectivity index (χ4n) is 4.05. The highest BCUT2D eigenvalue weighted by Crippen LogP contribution is 2.28. The third-order valence-electron chi connectivity index (χ3n) is 5.74. The van der Waals surface area contributed by atoms with Crippen molar-refractivity contribution in [2.45, 2.75) is 25.9 Å². The number of nitrogens with two attached hydrogens (primary N) is 1. The second-order valence-electron chi connectivity index (χ2n) is 8.08. The van der Waals surface area contributed by atoms with E-state index in [2.05, 4.69) is 29.4 Å². The molecule has 2 aromatic heterocycles. The lowest BCUT2D eigenvalue weighted by Crippen LogP contribution is -2.36. The molecule has 0 fully saturated rings.